The molecule has 0 saturated carbocycles. The molecule has 9 heteroatoms. The Bertz CT molecular complexity index is 796. The molecule has 0 spiro atoms. The molecule has 0 aromatic heterocycles. The Hall–Kier alpha value is -1.84. The van der Waals surface area contributed by atoms with Crippen molar-refractivity contribution in [3.05, 3.63) is 33.9 Å². The molecule has 1 amide bonds. The van der Waals surface area contributed by atoms with E-state index in [1.54, 1.807) is 28.5 Å². The zero-order valence-electron chi connectivity index (χ0n) is 16.7. The number of cyclic esters (lactones) is 1. The van der Waals surface area contributed by atoms with Crippen LogP contribution in [0.4, 0.5) is 0 Å². The van der Waals surface area contributed by atoms with Gasteiger partial charge in [0.25, 0.3) is 0 Å². The van der Waals surface area contributed by atoms with E-state index >= 15 is 0 Å². The maximum absolute atomic E-state index is 11.9. The molecular weight excluding hydrogens is 412 g/mol. The summed E-state index contributed by atoms with van der Waals surface area (Å²) in [7, 11) is 3.39. The van der Waals surface area contributed by atoms with Crippen LogP contribution in [-0.4, -0.2) is 46.7 Å². The summed E-state index contributed by atoms with van der Waals surface area (Å²) in [4.78, 5) is 23.8. The first kappa shape index (κ1) is 23.4. The van der Waals surface area contributed by atoms with Gasteiger partial charge >= 0.3 is 5.97 Å². The van der Waals surface area contributed by atoms with Crippen LogP contribution in [0, 0.1) is 6.92 Å². The quantitative estimate of drug-likeness (QED) is 0.179. The van der Waals surface area contributed by atoms with Gasteiger partial charge in [-0.05, 0) is 32.3 Å². The lowest BCUT2D eigenvalue weighted by Crippen LogP contribution is -2.25. The van der Waals surface area contributed by atoms with Gasteiger partial charge in [-0.25, -0.2) is 4.79 Å². The van der Waals surface area contributed by atoms with Crippen LogP contribution >= 0.6 is 21.6 Å². The molecule has 0 fully saturated rings. The third kappa shape index (κ3) is 6.32. The number of phenols is 2. The van der Waals surface area contributed by atoms with E-state index < -0.39 is 5.97 Å². The summed E-state index contributed by atoms with van der Waals surface area (Å²) in [5.41, 5.74) is 7.91. The Morgan fingerprint density at radius 3 is 2.69 bits per heavy atom. The summed E-state index contributed by atoms with van der Waals surface area (Å²) in [5, 5.41) is 23.7. The highest BCUT2D eigenvalue weighted by Gasteiger charge is 2.31. The highest BCUT2D eigenvalue weighted by Crippen LogP contribution is 2.41. The normalized spacial score (nSPS) is 13.3. The van der Waals surface area contributed by atoms with E-state index in [1.165, 1.54) is 0 Å². The monoisotopic (exact) mass is 440 g/mol. The second-order valence-corrected chi connectivity index (χ2v) is 9.47. The van der Waals surface area contributed by atoms with E-state index in [4.69, 9.17) is 10.5 Å². The molecule has 0 aliphatic carbocycles. The molecule has 1 aliphatic heterocycles. The topological polar surface area (TPSA) is 122 Å². The zero-order chi connectivity index (χ0) is 21.4. The molecule has 0 atom stereocenters. The largest absolute Gasteiger partial charge is 0.507 e. The first-order valence-electron chi connectivity index (χ1n) is 9.47. The molecule has 160 valence electrons. The lowest BCUT2D eigenvalue weighted by molar-refractivity contribution is -0.120. The molecular formula is C20H28N2O5S2. The summed E-state index contributed by atoms with van der Waals surface area (Å²) >= 11 is 0. The van der Waals surface area contributed by atoms with Crippen molar-refractivity contribution >= 4 is 33.5 Å². The Labute approximate surface area is 178 Å². The molecule has 0 saturated heterocycles. The van der Waals surface area contributed by atoms with E-state index in [0.717, 1.165) is 17.1 Å². The van der Waals surface area contributed by atoms with Crippen LogP contribution in [0.2, 0.25) is 0 Å². The van der Waals surface area contributed by atoms with Crippen molar-refractivity contribution in [3.63, 3.8) is 0 Å². The number of fused-ring (bicyclic) bond motifs is 1. The number of carbonyl (C=O) groups excluding carboxylic acids is 2. The number of hydrogen-bond acceptors (Lipinski definition) is 8. The third-order valence-electron chi connectivity index (χ3n) is 4.66. The van der Waals surface area contributed by atoms with Crippen LogP contribution in [-0.2, 0) is 22.6 Å². The van der Waals surface area contributed by atoms with Crippen LogP contribution in [0.5, 0.6) is 11.5 Å². The molecule has 0 unspecified atom stereocenters. The van der Waals surface area contributed by atoms with Gasteiger partial charge in [-0.3, -0.25) is 4.79 Å². The van der Waals surface area contributed by atoms with E-state index in [1.807, 2.05) is 13.0 Å². The SMILES string of the molecule is C/C(=C\Cc1c(O)c(C)c2c(c1O)C(=O)OC2)CCC(=O)NCCSSCCN. The van der Waals surface area contributed by atoms with Crippen LogP contribution in [0.3, 0.4) is 0 Å². The summed E-state index contributed by atoms with van der Waals surface area (Å²) in [6.07, 6.45) is 3.07. The Kier molecular flexibility index (Phi) is 9.19. The van der Waals surface area contributed by atoms with Crippen LogP contribution in [0.15, 0.2) is 11.6 Å². The molecule has 1 aromatic carbocycles. The predicted molar refractivity (Wildman–Crippen MR) is 117 cm³/mol. The number of rotatable bonds is 11. The standard InChI is InChI=1S/C20H28N2O5S2/c1-12(4-6-16(23)22-8-10-29-28-9-7-21)3-5-14-18(24)13(2)15-11-27-20(26)17(15)19(14)25/h3,24-25H,4-11,21H2,1-2H3,(H,22,23)/b12-3+. The average Bonchev–Trinajstić information content (AvgIpc) is 3.09. The number of aromatic hydroxyl groups is 2. The number of allylic oxidation sites excluding steroid dienone is 2. The average molecular weight is 441 g/mol. The number of hydrogen-bond donors (Lipinski definition) is 4. The van der Waals surface area contributed by atoms with Gasteiger partial charge < -0.3 is 26.0 Å². The number of carbonyl (C=O) groups is 2. The van der Waals surface area contributed by atoms with Crippen molar-refractivity contribution in [1.82, 2.24) is 5.32 Å². The maximum Gasteiger partial charge on any atom is 0.342 e. The van der Waals surface area contributed by atoms with Gasteiger partial charge in [0.15, 0.2) is 0 Å². The lowest BCUT2D eigenvalue weighted by Gasteiger charge is -2.12. The Morgan fingerprint density at radius 2 is 1.97 bits per heavy atom. The molecule has 1 aromatic rings. The number of amides is 1. The van der Waals surface area contributed by atoms with Crippen molar-refractivity contribution in [1.29, 1.82) is 0 Å². The van der Waals surface area contributed by atoms with E-state index in [0.29, 0.717) is 42.6 Å². The number of ether oxygens (including phenoxy) is 1. The van der Waals surface area contributed by atoms with Crippen LogP contribution < -0.4 is 11.1 Å². The zero-order valence-corrected chi connectivity index (χ0v) is 18.4. The summed E-state index contributed by atoms with van der Waals surface area (Å²) < 4.78 is 4.97. The summed E-state index contributed by atoms with van der Waals surface area (Å²) in [5.74, 6) is 0.911. The number of nitrogens with one attached hydrogen (secondary N) is 1. The van der Waals surface area contributed by atoms with Gasteiger partial charge in [-0.1, -0.05) is 33.2 Å². The molecule has 5 N–H and O–H groups in total. The van der Waals surface area contributed by atoms with Crippen molar-refractivity contribution < 1.29 is 24.5 Å². The highest BCUT2D eigenvalue weighted by molar-refractivity contribution is 8.76. The molecule has 0 bridgehead atoms. The fraction of sp³-hybridized carbons (Fsp3) is 0.500. The molecule has 1 heterocycles. The molecule has 29 heavy (non-hydrogen) atoms. The van der Waals surface area contributed by atoms with Gasteiger partial charge in [-0.15, -0.1) is 0 Å². The number of benzene rings is 1. The van der Waals surface area contributed by atoms with Crippen molar-refractivity contribution in [2.24, 2.45) is 5.73 Å². The van der Waals surface area contributed by atoms with Crippen molar-refractivity contribution in [3.8, 4) is 11.5 Å². The van der Waals surface area contributed by atoms with Gasteiger partial charge in [0.05, 0.1) is 0 Å². The minimum Gasteiger partial charge on any atom is -0.507 e. The van der Waals surface area contributed by atoms with Crippen LogP contribution in [0.25, 0.3) is 0 Å². The lowest BCUT2D eigenvalue weighted by atomic mass is 9.95. The Morgan fingerprint density at radius 1 is 1.24 bits per heavy atom. The van der Waals surface area contributed by atoms with E-state index in [2.05, 4.69) is 5.32 Å². The molecule has 1 aliphatic rings. The van der Waals surface area contributed by atoms with Gasteiger partial charge in [0.1, 0.15) is 23.7 Å². The molecule has 2 rings (SSSR count). The number of phenolic OH excluding ortho intramolecular Hbond substituents is 2. The van der Waals surface area contributed by atoms with Gasteiger partial charge in [-0.2, -0.15) is 0 Å². The fourth-order valence-electron chi connectivity index (χ4n) is 2.94. The Balaban J connectivity index is 1.86. The molecule has 0 radical (unpaired) electrons. The second-order valence-electron chi connectivity index (χ2n) is 6.77. The smallest absolute Gasteiger partial charge is 0.342 e. The minimum atomic E-state index is -0.571. The van der Waals surface area contributed by atoms with E-state index in [9.17, 15) is 19.8 Å². The summed E-state index contributed by atoms with van der Waals surface area (Å²) in [6.45, 7) is 4.94. The van der Waals surface area contributed by atoms with Crippen molar-refractivity contribution in [2.75, 3.05) is 24.6 Å². The predicted octanol–water partition coefficient (Wildman–Crippen LogP) is 2.80. The van der Waals surface area contributed by atoms with Gasteiger partial charge in [0, 0.05) is 42.1 Å². The number of nitrogens with two attached hydrogens (primary N) is 1. The maximum atomic E-state index is 11.9. The summed E-state index contributed by atoms with van der Waals surface area (Å²) in [6, 6.07) is 0. The molecule has 7 nitrogen and oxygen atoms in total. The van der Waals surface area contributed by atoms with Gasteiger partial charge in [0.2, 0.25) is 5.91 Å². The minimum absolute atomic E-state index is 0.0102. The first-order valence-corrected chi connectivity index (χ1v) is 12.0. The van der Waals surface area contributed by atoms with Crippen LogP contribution in [0.1, 0.15) is 46.8 Å². The third-order valence-corrected chi connectivity index (χ3v) is 7.10. The first-order chi connectivity index (χ1) is 13.9. The van der Waals surface area contributed by atoms with Crippen molar-refractivity contribution in [2.45, 2.75) is 39.7 Å². The fourth-order valence-corrected chi connectivity index (χ4v) is 4.70. The number of esters is 1. The highest BCUT2D eigenvalue weighted by atomic mass is 33.1. The van der Waals surface area contributed by atoms with E-state index in [-0.39, 0.29) is 36.0 Å². The second kappa shape index (κ2) is 11.4.